The highest BCUT2D eigenvalue weighted by Gasteiger charge is 2.18. The molecule has 2 N–H and O–H groups in total. The minimum Gasteiger partial charge on any atom is -0.505 e. The summed E-state index contributed by atoms with van der Waals surface area (Å²) in [6.07, 6.45) is 0. The summed E-state index contributed by atoms with van der Waals surface area (Å²) in [7, 11) is 0. The third-order valence-electron chi connectivity index (χ3n) is 2.98. The van der Waals surface area contributed by atoms with Gasteiger partial charge in [-0.15, -0.1) is 0 Å². The zero-order valence-corrected chi connectivity index (χ0v) is 11.8. The van der Waals surface area contributed by atoms with Crippen molar-refractivity contribution in [1.82, 2.24) is 4.90 Å². The Balaban J connectivity index is 3.23. The van der Waals surface area contributed by atoms with Gasteiger partial charge in [-0.1, -0.05) is 13.8 Å². The summed E-state index contributed by atoms with van der Waals surface area (Å²) in [4.78, 5) is 23.5. The normalized spacial score (nSPS) is 10.6. The zero-order chi connectivity index (χ0) is 15.3. The van der Waals surface area contributed by atoms with E-state index in [-0.39, 0.29) is 17.1 Å². The van der Waals surface area contributed by atoms with E-state index in [9.17, 15) is 20.0 Å². The Bertz CT molecular complexity index is 513. The molecule has 0 heterocycles. The molecule has 1 amide bonds. The number of rotatable bonds is 6. The predicted octanol–water partition coefficient (Wildman–Crippen LogP) is 2.10. The molecule has 0 aliphatic heterocycles. The number of phenols is 1. The summed E-state index contributed by atoms with van der Waals surface area (Å²) in [5, 5.41) is 23.5. The van der Waals surface area contributed by atoms with E-state index in [1.54, 1.807) is 0 Å². The van der Waals surface area contributed by atoms with Gasteiger partial charge in [-0.2, -0.15) is 0 Å². The second-order valence-corrected chi connectivity index (χ2v) is 4.40. The van der Waals surface area contributed by atoms with E-state index in [2.05, 4.69) is 5.32 Å². The molecule has 0 aromatic heterocycles. The first-order chi connectivity index (χ1) is 9.38. The lowest BCUT2D eigenvalue weighted by Crippen LogP contribution is -2.22. The number of benzene rings is 1. The number of nitro benzene ring substituents is 1. The minimum absolute atomic E-state index is 0.0638. The molecule has 1 rings (SSSR count). The van der Waals surface area contributed by atoms with Crippen LogP contribution in [0.25, 0.3) is 0 Å². The Hall–Kier alpha value is -2.15. The number of aromatic hydroxyl groups is 1. The van der Waals surface area contributed by atoms with Gasteiger partial charge in [-0.3, -0.25) is 19.8 Å². The SMILES string of the molecule is CCN(CC)Cc1cc([N+](=O)[O-])cc(NC(C)=O)c1O. The first kappa shape index (κ1) is 15.9. The first-order valence-corrected chi connectivity index (χ1v) is 6.39. The van der Waals surface area contributed by atoms with Gasteiger partial charge in [-0.25, -0.2) is 0 Å². The summed E-state index contributed by atoms with van der Waals surface area (Å²) in [6.45, 7) is 7.11. The largest absolute Gasteiger partial charge is 0.505 e. The van der Waals surface area contributed by atoms with Gasteiger partial charge in [0, 0.05) is 31.2 Å². The van der Waals surface area contributed by atoms with Crippen LogP contribution in [-0.4, -0.2) is 33.9 Å². The summed E-state index contributed by atoms with van der Waals surface area (Å²) in [5.41, 5.74) is 0.328. The molecule has 7 nitrogen and oxygen atoms in total. The Morgan fingerprint density at radius 2 is 2.00 bits per heavy atom. The summed E-state index contributed by atoms with van der Waals surface area (Å²) < 4.78 is 0. The molecule has 1 aromatic rings. The molecule has 0 bridgehead atoms. The standard InChI is InChI=1S/C13H19N3O4/c1-4-15(5-2)8-10-6-11(16(19)20)7-12(13(10)18)14-9(3)17/h6-7,18H,4-5,8H2,1-3H3,(H,14,17). The van der Waals surface area contributed by atoms with Gasteiger partial charge in [0.05, 0.1) is 10.6 Å². The highest BCUT2D eigenvalue weighted by molar-refractivity contribution is 5.91. The van der Waals surface area contributed by atoms with E-state index in [4.69, 9.17) is 0 Å². The molecule has 1 aromatic carbocycles. The van der Waals surface area contributed by atoms with Crippen LogP contribution in [0, 0.1) is 10.1 Å². The Morgan fingerprint density at radius 1 is 1.40 bits per heavy atom. The summed E-state index contributed by atoms with van der Waals surface area (Å²) >= 11 is 0. The topological polar surface area (TPSA) is 95.7 Å². The fourth-order valence-corrected chi connectivity index (χ4v) is 1.88. The van der Waals surface area contributed by atoms with Crippen molar-refractivity contribution in [1.29, 1.82) is 0 Å². The highest BCUT2D eigenvalue weighted by Crippen LogP contribution is 2.33. The molecule has 20 heavy (non-hydrogen) atoms. The van der Waals surface area contributed by atoms with Crippen LogP contribution in [0.1, 0.15) is 26.3 Å². The zero-order valence-electron chi connectivity index (χ0n) is 11.8. The van der Waals surface area contributed by atoms with E-state index in [0.717, 1.165) is 19.2 Å². The van der Waals surface area contributed by atoms with E-state index >= 15 is 0 Å². The third-order valence-corrected chi connectivity index (χ3v) is 2.98. The number of anilines is 1. The Morgan fingerprint density at radius 3 is 2.45 bits per heavy atom. The van der Waals surface area contributed by atoms with Gasteiger partial charge in [0.1, 0.15) is 5.75 Å². The van der Waals surface area contributed by atoms with Crippen molar-refractivity contribution in [3.63, 3.8) is 0 Å². The number of amides is 1. The van der Waals surface area contributed by atoms with Crippen LogP contribution in [-0.2, 0) is 11.3 Å². The molecule has 0 fully saturated rings. The predicted molar refractivity (Wildman–Crippen MR) is 75.7 cm³/mol. The monoisotopic (exact) mass is 281 g/mol. The lowest BCUT2D eigenvalue weighted by molar-refractivity contribution is -0.384. The van der Waals surface area contributed by atoms with E-state index in [0.29, 0.717) is 12.1 Å². The van der Waals surface area contributed by atoms with Gasteiger partial charge in [0.15, 0.2) is 0 Å². The summed E-state index contributed by atoms with van der Waals surface area (Å²) in [5.74, 6) is -0.521. The molecule has 0 saturated carbocycles. The maximum atomic E-state index is 11.1. The fourth-order valence-electron chi connectivity index (χ4n) is 1.88. The molecule has 0 radical (unpaired) electrons. The van der Waals surface area contributed by atoms with Crippen molar-refractivity contribution in [2.45, 2.75) is 27.3 Å². The fraction of sp³-hybridized carbons (Fsp3) is 0.462. The van der Waals surface area contributed by atoms with Gasteiger partial charge in [-0.05, 0) is 13.1 Å². The number of hydrogen-bond acceptors (Lipinski definition) is 5. The second kappa shape index (κ2) is 6.85. The highest BCUT2D eigenvalue weighted by atomic mass is 16.6. The van der Waals surface area contributed by atoms with Gasteiger partial charge < -0.3 is 10.4 Å². The Kier molecular flexibility index (Phi) is 5.45. The van der Waals surface area contributed by atoms with Gasteiger partial charge >= 0.3 is 0 Å². The van der Waals surface area contributed by atoms with Crippen LogP contribution in [0.4, 0.5) is 11.4 Å². The molecule has 7 heteroatoms. The maximum absolute atomic E-state index is 11.1. The lowest BCUT2D eigenvalue weighted by atomic mass is 10.1. The van der Waals surface area contributed by atoms with Crippen molar-refractivity contribution >= 4 is 17.3 Å². The Labute approximate surface area is 117 Å². The summed E-state index contributed by atoms with van der Waals surface area (Å²) in [6, 6.07) is 2.49. The van der Waals surface area contributed by atoms with E-state index in [1.807, 2.05) is 18.7 Å². The van der Waals surface area contributed by atoms with E-state index in [1.165, 1.54) is 13.0 Å². The molecule has 0 unspecified atom stereocenters. The van der Waals surface area contributed by atoms with E-state index < -0.39 is 10.8 Å². The minimum atomic E-state index is -0.545. The average molecular weight is 281 g/mol. The lowest BCUT2D eigenvalue weighted by Gasteiger charge is -2.19. The van der Waals surface area contributed by atoms with Crippen LogP contribution in [0.3, 0.4) is 0 Å². The number of phenolic OH excluding ortho intramolecular Hbond substituents is 1. The quantitative estimate of drug-likeness (QED) is 0.473. The molecule has 0 saturated heterocycles. The van der Waals surface area contributed by atoms with Crippen molar-refractivity contribution in [2.75, 3.05) is 18.4 Å². The maximum Gasteiger partial charge on any atom is 0.272 e. The van der Waals surface area contributed by atoms with Crippen LogP contribution >= 0.6 is 0 Å². The number of carbonyl (C=O) groups excluding carboxylic acids is 1. The molecular weight excluding hydrogens is 262 g/mol. The number of nitrogens with one attached hydrogen (secondary N) is 1. The molecule has 0 aliphatic carbocycles. The number of hydrogen-bond donors (Lipinski definition) is 2. The molecule has 0 atom stereocenters. The number of carbonyl (C=O) groups is 1. The van der Waals surface area contributed by atoms with Crippen LogP contribution < -0.4 is 5.32 Å². The molecule has 0 spiro atoms. The van der Waals surface area contributed by atoms with Crippen molar-refractivity contribution in [3.05, 3.63) is 27.8 Å². The van der Waals surface area contributed by atoms with Crippen LogP contribution in [0.2, 0.25) is 0 Å². The van der Waals surface area contributed by atoms with Gasteiger partial charge in [0.25, 0.3) is 5.69 Å². The first-order valence-electron chi connectivity index (χ1n) is 6.39. The van der Waals surface area contributed by atoms with Crippen LogP contribution in [0.15, 0.2) is 12.1 Å². The van der Waals surface area contributed by atoms with Gasteiger partial charge in [0.2, 0.25) is 5.91 Å². The van der Waals surface area contributed by atoms with Crippen LogP contribution in [0.5, 0.6) is 5.75 Å². The smallest absolute Gasteiger partial charge is 0.272 e. The molecule has 0 aliphatic rings. The number of non-ortho nitro benzene ring substituents is 1. The number of nitrogens with zero attached hydrogens (tertiary/aromatic N) is 2. The number of nitro groups is 1. The third kappa shape index (κ3) is 3.92. The van der Waals surface area contributed by atoms with Crippen molar-refractivity contribution in [3.8, 4) is 5.75 Å². The molecular formula is C13H19N3O4. The average Bonchev–Trinajstić information content (AvgIpc) is 2.38. The van der Waals surface area contributed by atoms with Crippen molar-refractivity contribution < 1.29 is 14.8 Å². The second-order valence-electron chi connectivity index (χ2n) is 4.40. The molecule has 110 valence electrons. The van der Waals surface area contributed by atoms with Crippen molar-refractivity contribution in [2.24, 2.45) is 0 Å².